The maximum Gasteiger partial charge on any atom is 0.0175 e. The molecule has 2 heterocycles. The van der Waals surface area contributed by atoms with E-state index in [1.807, 2.05) is 0 Å². The zero-order chi connectivity index (χ0) is 9.10. The Labute approximate surface area is 85.2 Å². The second-order valence-electron chi connectivity index (χ2n) is 4.30. The predicted octanol–water partition coefficient (Wildman–Crippen LogP) is 1.31. The molecule has 2 saturated heterocycles. The van der Waals surface area contributed by atoms with Crippen LogP contribution in [0.15, 0.2) is 0 Å². The van der Waals surface area contributed by atoms with Gasteiger partial charge in [0.25, 0.3) is 0 Å². The first kappa shape index (κ1) is 9.81. The van der Waals surface area contributed by atoms with Crippen LogP contribution in [0.5, 0.6) is 0 Å². The standard InChI is InChI=1S/C10H20N2S/c11-9-3-1-5-12(7-9)8-10-4-2-6-13-10/h9-10H,1-8,11H2. The lowest BCUT2D eigenvalue weighted by atomic mass is 10.1. The minimum atomic E-state index is 0.445. The van der Waals surface area contributed by atoms with Gasteiger partial charge in [0.2, 0.25) is 0 Å². The van der Waals surface area contributed by atoms with Gasteiger partial charge in [-0.3, -0.25) is 0 Å². The average Bonchev–Trinajstić information content (AvgIpc) is 2.57. The Morgan fingerprint density at radius 3 is 2.92 bits per heavy atom. The van der Waals surface area contributed by atoms with E-state index >= 15 is 0 Å². The van der Waals surface area contributed by atoms with Crippen LogP contribution in [0.1, 0.15) is 25.7 Å². The molecule has 2 N–H and O–H groups in total. The smallest absolute Gasteiger partial charge is 0.0175 e. The molecule has 2 nitrogen and oxygen atoms in total. The Morgan fingerprint density at radius 1 is 1.31 bits per heavy atom. The summed E-state index contributed by atoms with van der Waals surface area (Å²) < 4.78 is 0. The first-order valence-electron chi connectivity index (χ1n) is 5.44. The van der Waals surface area contributed by atoms with Gasteiger partial charge in [0.1, 0.15) is 0 Å². The number of likely N-dealkylation sites (tertiary alicyclic amines) is 1. The van der Waals surface area contributed by atoms with Gasteiger partial charge in [-0.1, -0.05) is 0 Å². The summed E-state index contributed by atoms with van der Waals surface area (Å²) in [6.07, 6.45) is 5.39. The lowest BCUT2D eigenvalue weighted by molar-refractivity contribution is 0.209. The molecule has 2 rings (SSSR count). The minimum absolute atomic E-state index is 0.445. The highest BCUT2D eigenvalue weighted by molar-refractivity contribution is 8.00. The van der Waals surface area contributed by atoms with Crippen molar-refractivity contribution in [1.82, 2.24) is 4.90 Å². The van der Waals surface area contributed by atoms with Gasteiger partial charge in [0.05, 0.1) is 0 Å². The third-order valence-electron chi connectivity index (χ3n) is 3.03. The van der Waals surface area contributed by atoms with Crippen LogP contribution >= 0.6 is 11.8 Å². The van der Waals surface area contributed by atoms with Gasteiger partial charge in [-0.15, -0.1) is 0 Å². The number of hydrogen-bond donors (Lipinski definition) is 1. The Balaban J connectivity index is 1.73. The van der Waals surface area contributed by atoms with Crippen molar-refractivity contribution in [3.05, 3.63) is 0 Å². The third-order valence-corrected chi connectivity index (χ3v) is 4.41. The highest BCUT2D eigenvalue weighted by Crippen LogP contribution is 2.27. The second-order valence-corrected chi connectivity index (χ2v) is 5.71. The number of nitrogens with two attached hydrogens (primary N) is 1. The first-order valence-corrected chi connectivity index (χ1v) is 6.49. The molecule has 13 heavy (non-hydrogen) atoms. The van der Waals surface area contributed by atoms with Crippen LogP contribution < -0.4 is 5.73 Å². The van der Waals surface area contributed by atoms with Gasteiger partial charge in [0, 0.05) is 24.4 Å². The van der Waals surface area contributed by atoms with Crippen molar-refractivity contribution in [2.24, 2.45) is 5.73 Å². The molecule has 76 valence electrons. The van der Waals surface area contributed by atoms with Crippen LogP contribution in [0, 0.1) is 0 Å². The molecule has 2 fully saturated rings. The monoisotopic (exact) mass is 200 g/mol. The van der Waals surface area contributed by atoms with Gasteiger partial charge < -0.3 is 10.6 Å². The van der Waals surface area contributed by atoms with E-state index in [9.17, 15) is 0 Å². The molecular weight excluding hydrogens is 180 g/mol. The molecule has 2 unspecified atom stereocenters. The summed E-state index contributed by atoms with van der Waals surface area (Å²) in [5.74, 6) is 1.38. The molecule has 2 atom stereocenters. The number of nitrogens with zero attached hydrogens (tertiary/aromatic N) is 1. The topological polar surface area (TPSA) is 29.3 Å². The minimum Gasteiger partial charge on any atom is -0.327 e. The highest BCUT2D eigenvalue weighted by Gasteiger charge is 2.22. The molecule has 0 radical (unpaired) electrons. The van der Waals surface area contributed by atoms with Crippen molar-refractivity contribution in [3.63, 3.8) is 0 Å². The van der Waals surface area contributed by atoms with Crippen LogP contribution in [0.2, 0.25) is 0 Å². The molecule has 0 amide bonds. The summed E-state index contributed by atoms with van der Waals surface area (Å²) in [6, 6.07) is 0.445. The average molecular weight is 200 g/mol. The van der Waals surface area contributed by atoms with Crippen molar-refractivity contribution < 1.29 is 0 Å². The van der Waals surface area contributed by atoms with Crippen LogP contribution in [0.3, 0.4) is 0 Å². The Hall–Kier alpha value is 0.270. The molecule has 0 aromatic carbocycles. The van der Waals surface area contributed by atoms with E-state index in [-0.39, 0.29) is 0 Å². The molecule has 0 saturated carbocycles. The summed E-state index contributed by atoms with van der Waals surface area (Å²) in [5, 5.41) is 0.908. The first-order chi connectivity index (χ1) is 6.34. The largest absolute Gasteiger partial charge is 0.327 e. The molecule has 3 heteroatoms. The summed E-state index contributed by atoms with van der Waals surface area (Å²) >= 11 is 2.15. The van der Waals surface area contributed by atoms with Crippen molar-refractivity contribution >= 4 is 11.8 Å². The van der Waals surface area contributed by atoms with Crippen LogP contribution in [-0.2, 0) is 0 Å². The molecule has 0 aliphatic carbocycles. The van der Waals surface area contributed by atoms with Gasteiger partial charge in [-0.05, 0) is 38.0 Å². The quantitative estimate of drug-likeness (QED) is 0.728. The number of thioether (sulfide) groups is 1. The third kappa shape index (κ3) is 2.86. The molecule has 2 aliphatic rings. The fourth-order valence-electron chi connectivity index (χ4n) is 2.33. The fraction of sp³-hybridized carbons (Fsp3) is 1.00. The second kappa shape index (κ2) is 4.67. The Bertz CT molecular complexity index is 157. The van der Waals surface area contributed by atoms with Crippen molar-refractivity contribution in [3.8, 4) is 0 Å². The van der Waals surface area contributed by atoms with E-state index < -0.39 is 0 Å². The molecular formula is C10H20N2S. The van der Waals surface area contributed by atoms with Crippen molar-refractivity contribution in [2.45, 2.75) is 37.0 Å². The normalized spacial score (nSPS) is 36.7. The summed E-state index contributed by atoms with van der Waals surface area (Å²) in [6.45, 7) is 3.71. The number of piperidine rings is 1. The van der Waals surface area contributed by atoms with E-state index in [0.717, 1.165) is 11.8 Å². The Kier molecular flexibility index (Phi) is 3.52. The SMILES string of the molecule is NC1CCCN(CC2CCCS2)C1. The molecule has 0 bridgehead atoms. The van der Waals surface area contributed by atoms with Crippen LogP contribution in [0.4, 0.5) is 0 Å². The number of rotatable bonds is 2. The van der Waals surface area contributed by atoms with E-state index in [4.69, 9.17) is 5.73 Å². The molecule has 0 aromatic rings. The summed E-state index contributed by atoms with van der Waals surface area (Å²) in [7, 11) is 0. The predicted molar refractivity (Wildman–Crippen MR) is 59.1 cm³/mol. The lowest BCUT2D eigenvalue weighted by Gasteiger charge is -2.32. The summed E-state index contributed by atoms with van der Waals surface area (Å²) in [5.41, 5.74) is 5.95. The van der Waals surface area contributed by atoms with Crippen molar-refractivity contribution in [2.75, 3.05) is 25.4 Å². The van der Waals surface area contributed by atoms with Crippen LogP contribution in [0.25, 0.3) is 0 Å². The maximum absolute atomic E-state index is 5.95. The zero-order valence-electron chi connectivity index (χ0n) is 8.24. The van der Waals surface area contributed by atoms with Gasteiger partial charge in [-0.2, -0.15) is 11.8 Å². The van der Waals surface area contributed by atoms with Crippen LogP contribution in [-0.4, -0.2) is 41.6 Å². The van der Waals surface area contributed by atoms with E-state index in [1.165, 1.54) is 44.5 Å². The van der Waals surface area contributed by atoms with Gasteiger partial charge in [0.15, 0.2) is 0 Å². The van der Waals surface area contributed by atoms with Gasteiger partial charge >= 0.3 is 0 Å². The van der Waals surface area contributed by atoms with E-state index in [1.54, 1.807) is 0 Å². The molecule has 0 aromatic heterocycles. The number of hydrogen-bond acceptors (Lipinski definition) is 3. The fourth-order valence-corrected chi connectivity index (χ4v) is 3.65. The lowest BCUT2D eigenvalue weighted by Crippen LogP contribution is -2.44. The Morgan fingerprint density at radius 2 is 2.23 bits per heavy atom. The summed E-state index contributed by atoms with van der Waals surface area (Å²) in [4.78, 5) is 2.57. The zero-order valence-corrected chi connectivity index (χ0v) is 9.06. The van der Waals surface area contributed by atoms with Crippen molar-refractivity contribution in [1.29, 1.82) is 0 Å². The maximum atomic E-state index is 5.95. The van der Waals surface area contributed by atoms with Gasteiger partial charge in [-0.25, -0.2) is 0 Å². The molecule has 0 spiro atoms. The highest BCUT2D eigenvalue weighted by atomic mass is 32.2. The van der Waals surface area contributed by atoms with E-state index in [2.05, 4.69) is 16.7 Å². The van der Waals surface area contributed by atoms with E-state index in [0.29, 0.717) is 6.04 Å². The molecule has 2 aliphatic heterocycles.